The number of benzene rings is 1. The van der Waals surface area contributed by atoms with Crippen LogP contribution >= 0.6 is 24.0 Å². The van der Waals surface area contributed by atoms with Gasteiger partial charge in [-0.15, -0.1) is 24.0 Å². The van der Waals surface area contributed by atoms with E-state index in [-0.39, 0.29) is 36.4 Å². The van der Waals surface area contributed by atoms with Gasteiger partial charge in [0.1, 0.15) is 5.75 Å². The molecule has 0 atom stereocenters. The highest BCUT2D eigenvalue weighted by Crippen LogP contribution is 2.20. The van der Waals surface area contributed by atoms with Crippen LogP contribution in [0.5, 0.6) is 11.6 Å². The minimum absolute atomic E-state index is 0. The standard InChI is InChI=1S/C20H25F3N4O2.HI/c1-14-6-7-17(28-3)15(11-14)8-10-26-19(24-2)27-12-16-5-4-9-25-18(16)29-13-20(21,22)23;/h4-7,9,11H,8,10,12-13H2,1-3H3,(H2,24,26,27);1H. The summed E-state index contributed by atoms with van der Waals surface area (Å²) in [5.74, 6) is 1.28. The molecule has 166 valence electrons. The Kier molecular flexibility index (Phi) is 10.7. The quantitative estimate of drug-likeness (QED) is 0.304. The van der Waals surface area contributed by atoms with Gasteiger partial charge in [-0.3, -0.25) is 4.99 Å². The van der Waals surface area contributed by atoms with Gasteiger partial charge in [-0.2, -0.15) is 13.2 Å². The smallest absolute Gasteiger partial charge is 0.422 e. The van der Waals surface area contributed by atoms with Crippen LogP contribution in [0.15, 0.2) is 41.5 Å². The molecule has 0 amide bonds. The third kappa shape index (κ3) is 8.64. The number of halogens is 4. The summed E-state index contributed by atoms with van der Waals surface area (Å²) in [4.78, 5) is 8.01. The van der Waals surface area contributed by atoms with Gasteiger partial charge < -0.3 is 20.1 Å². The van der Waals surface area contributed by atoms with Gasteiger partial charge in [0.05, 0.1) is 7.11 Å². The largest absolute Gasteiger partial charge is 0.496 e. The minimum Gasteiger partial charge on any atom is -0.496 e. The topological polar surface area (TPSA) is 67.8 Å². The van der Waals surface area contributed by atoms with Gasteiger partial charge in [-0.25, -0.2) is 4.98 Å². The molecule has 30 heavy (non-hydrogen) atoms. The van der Waals surface area contributed by atoms with Gasteiger partial charge in [0.15, 0.2) is 12.6 Å². The molecule has 0 unspecified atom stereocenters. The maximum atomic E-state index is 12.4. The maximum absolute atomic E-state index is 12.4. The minimum atomic E-state index is -4.42. The molecule has 0 saturated heterocycles. The number of methoxy groups -OCH3 is 1. The predicted molar refractivity (Wildman–Crippen MR) is 121 cm³/mol. The zero-order valence-corrected chi connectivity index (χ0v) is 19.4. The van der Waals surface area contributed by atoms with Crippen molar-refractivity contribution in [2.75, 3.05) is 27.3 Å². The number of guanidine groups is 1. The lowest BCUT2D eigenvalue weighted by Gasteiger charge is -2.15. The van der Waals surface area contributed by atoms with E-state index in [1.807, 2.05) is 19.1 Å². The van der Waals surface area contributed by atoms with Crippen LogP contribution in [0.3, 0.4) is 0 Å². The number of nitrogens with zero attached hydrogens (tertiary/aromatic N) is 2. The summed E-state index contributed by atoms with van der Waals surface area (Å²) in [5.41, 5.74) is 2.72. The highest BCUT2D eigenvalue weighted by Gasteiger charge is 2.29. The second-order valence-electron chi connectivity index (χ2n) is 6.29. The van der Waals surface area contributed by atoms with E-state index in [0.29, 0.717) is 18.1 Å². The molecule has 2 rings (SSSR count). The van der Waals surface area contributed by atoms with E-state index >= 15 is 0 Å². The maximum Gasteiger partial charge on any atom is 0.422 e. The zero-order valence-electron chi connectivity index (χ0n) is 17.0. The van der Waals surface area contributed by atoms with Crippen LogP contribution in [0, 0.1) is 6.92 Å². The highest BCUT2D eigenvalue weighted by molar-refractivity contribution is 14.0. The van der Waals surface area contributed by atoms with Crippen LogP contribution in [-0.4, -0.2) is 44.4 Å². The summed E-state index contributed by atoms with van der Waals surface area (Å²) < 4.78 is 47.3. The van der Waals surface area contributed by atoms with E-state index in [4.69, 9.17) is 9.47 Å². The van der Waals surface area contributed by atoms with Crippen molar-refractivity contribution in [3.63, 3.8) is 0 Å². The molecule has 0 spiro atoms. The summed E-state index contributed by atoms with van der Waals surface area (Å²) in [6.07, 6.45) is -2.31. The SMILES string of the molecule is CN=C(NCCc1cc(C)ccc1OC)NCc1cccnc1OCC(F)(F)F.I. The first-order chi connectivity index (χ1) is 13.8. The van der Waals surface area contributed by atoms with Gasteiger partial charge in [-0.1, -0.05) is 23.8 Å². The summed E-state index contributed by atoms with van der Waals surface area (Å²) in [5, 5.41) is 6.23. The average Bonchev–Trinajstić information content (AvgIpc) is 2.69. The van der Waals surface area contributed by atoms with Crippen molar-refractivity contribution < 1.29 is 22.6 Å². The molecule has 1 aromatic heterocycles. The lowest BCUT2D eigenvalue weighted by Crippen LogP contribution is -2.38. The van der Waals surface area contributed by atoms with Crippen LogP contribution < -0.4 is 20.1 Å². The van der Waals surface area contributed by atoms with Crippen molar-refractivity contribution in [1.82, 2.24) is 15.6 Å². The van der Waals surface area contributed by atoms with Crippen LogP contribution in [0.4, 0.5) is 13.2 Å². The highest BCUT2D eigenvalue weighted by atomic mass is 127. The van der Waals surface area contributed by atoms with Crippen molar-refractivity contribution >= 4 is 29.9 Å². The molecule has 6 nitrogen and oxygen atoms in total. The van der Waals surface area contributed by atoms with Gasteiger partial charge in [-0.05, 0) is 31.0 Å². The molecular formula is C20H26F3IN4O2. The fourth-order valence-corrected chi connectivity index (χ4v) is 2.66. The fraction of sp³-hybridized carbons (Fsp3) is 0.400. The molecule has 0 fully saturated rings. The summed E-state index contributed by atoms with van der Waals surface area (Å²) in [7, 11) is 3.25. The lowest BCUT2D eigenvalue weighted by atomic mass is 10.1. The van der Waals surface area contributed by atoms with Crippen LogP contribution in [0.2, 0.25) is 0 Å². The number of alkyl halides is 3. The van der Waals surface area contributed by atoms with E-state index in [9.17, 15) is 13.2 Å². The monoisotopic (exact) mass is 538 g/mol. The Morgan fingerprint density at radius 3 is 2.60 bits per heavy atom. The Hall–Kier alpha value is -2.24. The van der Waals surface area contributed by atoms with E-state index in [0.717, 1.165) is 23.3 Å². The molecule has 2 N–H and O–H groups in total. The Balaban J connectivity index is 0.00000450. The molecule has 0 bridgehead atoms. The number of hydrogen-bond acceptors (Lipinski definition) is 4. The van der Waals surface area contributed by atoms with E-state index in [1.54, 1.807) is 26.3 Å². The van der Waals surface area contributed by atoms with E-state index in [1.165, 1.54) is 6.20 Å². The first-order valence-corrected chi connectivity index (χ1v) is 9.04. The second kappa shape index (κ2) is 12.5. The number of nitrogens with one attached hydrogen (secondary N) is 2. The van der Waals surface area contributed by atoms with Crippen molar-refractivity contribution in [2.24, 2.45) is 4.99 Å². The number of ether oxygens (including phenoxy) is 2. The summed E-state index contributed by atoms with van der Waals surface area (Å²) >= 11 is 0. The third-order valence-corrected chi connectivity index (χ3v) is 4.02. The second-order valence-corrected chi connectivity index (χ2v) is 6.29. The third-order valence-electron chi connectivity index (χ3n) is 4.02. The van der Waals surface area contributed by atoms with Gasteiger partial charge >= 0.3 is 6.18 Å². The zero-order chi connectivity index (χ0) is 21.3. The van der Waals surface area contributed by atoms with Crippen LogP contribution in [0.25, 0.3) is 0 Å². The number of aromatic nitrogens is 1. The van der Waals surface area contributed by atoms with E-state index in [2.05, 4.69) is 26.7 Å². The van der Waals surface area contributed by atoms with Crippen LogP contribution in [-0.2, 0) is 13.0 Å². The lowest BCUT2D eigenvalue weighted by molar-refractivity contribution is -0.154. The number of aliphatic imine (C=N–C) groups is 1. The van der Waals surface area contributed by atoms with Crippen molar-refractivity contribution in [3.8, 4) is 11.6 Å². The Labute approximate surface area is 191 Å². The first-order valence-electron chi connectivity index (χ1n) is 9.04. The van der Waals surface area contributed by atoms with E-state index < -0.39 is 12.8 Å². The average molecular weight is 538 g/mol. The van der Waals surface area contributed by atoms with Crippen molar-refractivity contribution in [2.45, 2.75) is 26.1 Å². The normalized spacial score (nSPS) is 11.5. The number of hydrogen-bond donors (Lipinski definition) is 2. The molecule has 0 aliphatic rings. The Bertz CT molecular complexity index is 832. The van der Waals surface area contributed by atoms with Gasteiger partial charge in [0.2, 0.25) is 5.88 Å². The first kappa shape index (κ1) is 25.8. The molecule has 0 radical (unpaired) electrons. The van der Waals surface area contributed by atoms with Gasteiger partial charge in [0.25, 0.3) is 0 Å². The number of aryl methyl sites for hydroxylation is 1. The molecular weight excluding hydrogens is 512 g/mol. The molecule has 1 heterocycles. The van der Waals surface area contributed by atoms with Gasteiger partial charge in [0, 0.05) is 31.9 Å². The molecule has 10 heteroatoms. The summed E-state index contributed by atoms with van der Waals surface area (Å²) in [6, 6.07) is 9.27. The molecule has 1 aromatic carbocycles. The van der Waals surface area contributed by atoms with Crippen LogP contribution in [0.1, 0.15) is 16.7 Å². The molecule has 0 saturated carbocycles. The van der Waals surface area contributed by atoms with Crippen molar-refractivity contribution in [3.05, 3.63) is 53.2 Å². The summed E-state index contributed by atoms with van der Waals surface area (Å²) in [6.45, 7) is 1.45. The predicted octanol–water partition coefficient (Wildman–Crippen LogP) is 3.87. The van der Waals surface area contributed by atoms with Crippen molar-refractivity contribution in [1.29, 1.82) is 0 Å². The Morgan fingerprint density at radius 1 is 1.17 bits per heavy atom. The molecule has 2 aromatic rings. The fourth-order valence-electron chi connectivity index (χ4n) is 2.66. The number of pyridine rings is 1. The Morgan fingerprint density at radius 2 is 1.93 bits per heavy atom. The number of rotatable bonds is 8. The molecule has 0 aliphatic heterocycles. The molecule has 0 aliphatic carbocycles.